The Balaban J connectivity index is 1.64. The van der Waals surface area contributed by atoms with Gasteiger partial charge in [-0.3, -0.25) is 14.3 Å². The molecule has 6 rings (SSSR count). The van der Waals surface area contributed by atoms with E-state index in [4.69, 9.17) is 11.6 Å². The summed E-state index contributed by atoms with van der Waals surface area (Å²) in [5.74, 6) is -2.17. The third kappa shape index (κ3) is 5.61. The van der Waals surface area contributed by atoms with Crippen LogP contribution in [0.15, 0.2) is 40.5 Å². The molecule has 1 amide bonds. The molecular weight excluding hydrogens is 637 g/mol. The van der Waals surface area contributed by atoms with E-state index >= 15 is 4.39 Å². The molecule has 0 aliphatic carbocycles. The predicted molar refractivity (Wildman–Crippen MR) is 165 cm³/mol. The molecule has 0 radical (unpaired) electrons. The van der Waals surface area contributed by atoms with Crippen molar-refractivity contribution in [3.05, 3.63) is 63.6 Å². The third-order valence-corrected chi connectivity index (χ3v) is 10.4. The molecule has 3 aromatic rings. The Morgan fingerprint density at radius 3 is 2.36 bits per heavy atom. The quantitative estimate of drug-likeness (QED) is 0.188. The van der Waals surface area contributed by atoms with Gasteiger partial charge in [-0.15, -0.1) is 11.8 Å². The largest absolute Gasteiger partial charge is 0.417 e. The molecule has 45 heavy (non-hydrogen) atoms. The van der Waals surface area contributed by atoms with Crippen molar-refractivity contribution in [2.24, 2.45) is 0 Å². The summed E-state index contributed by atoms with van der Waals surface area (Å²) in [4.78, 5) is 36.4. The lowest BCUT2D eigenvalue weighted by atomic mass is 9.95. The van der Waals surface area contributed by atoms with Crippen LogP contribution in [0.2, 0.25) is 5.02 Å². The molecule has 3 aliphatic heterocycles. The minimum Gasteiger partial charge on any atom is -0.352 e. The van der Waals surface area contributed by atoms with Gasteiger partial charge in [0.15, 0.2) is 0 Å². The highest BCUT2D eigenvalue weighted by Crippen LogP contribution is 2.49. The normalized spacial score (nSPS) is 22.6. The van der Waals surface area contributed by atoms with Gasteiger partial charge in [-0.25, -0.2) is 13.6 Å². The smallest absolute Gasteiger partial charge is 0.352 e. The first-order valence-electron chi connectivity index (χ1n) is 14.7. The lowest BCUT2D eigenvalue weighted by Crippen LogP contribution is -2.58. The minimum absolute atomic E-state index is 0.0606. The van der Waals surface area contributed by atoms with Crippen LogP contribution in [0.1, 0.15) is 32.3 Å². The summed E-state index contributed by atoms with van der Waals surface area (Å²) < 4.78 is 75.9. The molecule has 3 unspecified atom stereocenters. The molecule has 7 nitrogen and oxygen atoms in total. The maximum Gasteiger partial charge on any atom is 0.417 e. The van der Waals surface area contributed by atoms with Crippen LogP contribution < -0.4 is 10.6 Å². The molecule has 14 heteroatoms. The van der Waals surface area contributed by atoms with Gasteiger partial charge in [0.05, 0.1) is 16.1 Å². The fourth-order valence-corrected chi connectivity index (χ4v) is 8.52. The van der Waals surface area contributed by atoms with Gasteiger partial charge in [-0.1, -0.05) is 18.2 Å². The van der Waals surface area contributed by atoms with Crippen molar-refractivity contribution in [2.75, 3.05) is 36.8 Å². The van der Waals surface area contributed by atoms with Crippen molar-refractivity contribution >= 4 is 46.0 Å². The zero-order valence-corrected chi connectivity index (χ0v) is 26.2. The molecule has 1 aromatic heterocycles. The third-order valence-electron chi connectivity index (χ3n) is 8.90. The van der Waals surface area contributed by atoms with Gasteiger partial charge in [0, 0.05) is 71.0 Å². The van der Waals surface area contributed by atoms with Crippen LogP contribution in [0.3, 0.4) is 0 Å². The minimum atomic E-state index is -4.96. The summed E-state index contributed by atoms with van der Waals surface area (Å²) in [5.41, 5.74) is -2.57. The Hall–Kier alpha value is -3.16. The second-order valence-corrected chi connectivity index (χ2v) is 13.3. The number of alkyl halides is 3. The Kier molecular flexibility index (Phi) is 8.40. The molecule has 4 heterocycles. The standard InChI is InChI=1S/C31H31ClF5N5O2S/c1-4-25(43)42-16(2)12-40(13-17(42)3)29-20-9-21(31(35,36)37)26(19-10-22(32)24(34)11-23(19)33)28-27(20)41(30(44)38-29)14-18(15-45-28)39-7-5-6-8-39/h4,9-11,16-18H,1,5-8,12-15H2,2-3H3. The van der Waals surface area contributed by atoms with Crippen LogP contribution in [0.4, 0.5) is 27.8 Å². The average Bonchev–Trinajstić information content (AvgIpc) is 3.43. The van der Waals surface area contributed by atoms with Crippen molar-refractivity contribution in [3.8, 4) is 11.1 Å². The molecule has 0 N–H and O–H groups in total. The van der Waals surface area contributed by atoms with Crippen molar-refractivity contribution in [1.29, 1.82) is 0 Å². The van der Waals surface area contributed by atoms with Gasteiger partial charge >= 0.3 is 11.9 Å². The topological polar surface area (TPSA) is 61.7 Å². The Bertz CT molecular complexity index is 1750. The van der Waals surface area contributed by atoms with E-state index in [9.17, 15) is 27.2 Å². The van der Waals surface area contributed by atoms with E-state index in [1.807, 2.05) is 13.8 Å². The van der Waals surface area contributed by atoms with E-state index in [1.165, 1.54) is 10.6 Å². The van der Waals surface area contributed by atoms with Crippen LogP contribution in [0.25, 0.3) is 22.0 Å². The Morgan fingerprint density at radius 1 is 1.07 bits per heavy atom. The number of likely N-dealkylation sites (tertiary alicyclic amines) is 1. The SMILES string of the molecule is C=CC(=O)N1C(C)CN(c2nc(=O)n3c4c(c(-c5cc(Cl)c(F)cc5F)c(C(F)(F)F)cc24)SCC(N2CCCC2)C3)CC1C. The van der Waals surface area contributed by atoms with Crippen LogP contribution in [0, 0.1) is 11.6 Å². The first kappa shape index (κ1) is 31.8. The van der Waals surface area contributed by atoms with Crippen LogP contribution in [-0.4, -0.2) is 75.3 Å². The number of carbonyl (C=O) groups excluding carboxylic acids is 1. The highest BCUT2D eigenvalue weighted by Gasteiger charge is 2.41. The maximum absolute atomic E-state index is 15.4. The van der Waals surface area contributed by atoms with E-state index in [-0.39, 0.29) is 65.3 Å². The number of aromatic nitrogens is 2. The van der Waals surface area contributed by atoms with Gasteiger partial charge in [0.1, 0.15) is 17.5 Å². The molecule has 0 bridgehead atoms. The summed E-state index contributed by atoms with van der Waals surface area (Å²) in [6.45, 7) is 9.37. The molecule has 2 aromatic carbocycles. The second-order valence-electron chi connectivity index (χ2n) is 11.9. The van der Waals surface area contributed by atoms with Crippen molar-refractivity contribution in [1.82, 2.24) is 19.4 Å². The van der Waals surface area contributed by atoms with Gasteiger partial charge in [-0.05, 0) is 58.0 Å². The number of halogens is 6. The molecular formula is C31H31ClF5N5O2S. The maximum atomic E-state index is 15.4. The monoisotopic (exact) mass is 667 g/mol. The first-order valence-corrected chi connectivity index (χ1v) is 16.1. The fourth-order valence-electron chi connectivity index (χ4n) is 6.96. The molecule has 3 atom stereocenters. The molecule has 240 valence electrons. The van der Waals surface area contributed by atoms with Gasteiger partial charge in [0.2, 0.25) is 5.91 Å². The predicted octanol–water partition coefficient (Wildman–Crippen LogP) is 6.20. The summed E-state index contributed by atoms with van der Waals surface area (Å²) >= 11 is 7.11. The zero-order valence-electron chi connectivity index (χ0n) is 24.6. The summed E-state index contributed by atoms with van der Waals surface area (Å²) in [7, 11) is 0. The van der Waals surface area contributed by atoms with Crippen molar-refractivity contribution in [3.63, 3.8) is 0 Å². The Morgan fingerprint density at radius 2 is 1.73 bits per heavy atom. The number of piperazine rings is 1. The number of amides is 1. The number of hydrogen-bond donors (Lipinski definition) is 0. The first-order chi connectivity index (χ1) is 21.3. The number of nitrogens with zero attached hydrogens (tertiary/aromatic N) is 5. The highest BCUT2D eigenvalue weighted by molar-refractivity contribution is 7.99. The summed E-state index contributed by atoms with van der Waals surface area (Å²) in [6.07, 6.45) is -1.81. The molecule has 2 saturated heterocycles. The van der Waals surface area contributed by atoms with E-state index in [0.29, 0.717) is 11.8 Å². The van der Waals surface area contributed by atoms with Crippen molar-refractivity contribution < 1.29 is 26.7 Å². The second kappa shape index (κ2) is 11.9. The Labute approximate surface area is 265 Å². The number of rotatable bonds is 4. The number of carbonyl (C=O) groups is 1. The molecule has 0 spiro atoms. The van der Waals surface area contributed by atoms with E-state index in [0.717, 1.165) is 49.8 Å². The molecule has 3 aliphatic rings. The van der Waals surface area contributed by atoms with E-state index in [2.05, 4.69) is 16.5 Å². The zero-order chi connectivity index (χ0) is 32.4. The summed E-state index contributed by atoms with van der Waals surface area (Å²) in [6, 6.07) is 1.35. The molecule has 0 saturated carbocycles. The number of thioether (sulfide) groups is 1. The van der Waals surface area contributed by atoms with Crippen LogP contribution in [0.5, 0.6) is 0 Å². The average molecular weight is 668 g/mol. The lowest BCUT2D eigenvalue weighted by Gasteiger charge is -2.44. The van der Waals surface area contributed by atoms with Gasteiger partial charge < -0.3 is 9.80 Å². The lowest BCUT2D eigenvalue weighted by molar-refractivity contribution is -0.137. The summed E-state index contributed by atoms with van der Waals surface area (Å²) in [5, 5.41) is -0.435. The van der Waals surface area contributed by atoms with E-state index in [1.54, 1.807) is 9.80 Å². The number of benzene rings is 2. The van der Waals surface area contributed by atoms with Crippen LogP contribution >= 0.6 is 23.4 Å². The fraction of sp³-hybridized carbons (Fsp3) is 0.452. The van der Waals surface area contributed by atoms with Crippen LogP contribution in [-0.2, 0) is 17.5 Å². The van der Waals surface area contributed by atoms with E-state index < -0.39 is 45.2 Å². The van der Waals surface area contributed by atoms with Crippen molar-refractivity contribution in [2.45, 2.75) is 62.4 Å². The van der Waals surface area contributed by atoms with Gasteiger partial charge in [-0.2, -0.15) is 18.2 Å². The highest BCUT2D eigenvalue weighted by atomic mass is 35.5. The van der Waals surface area contributed by atoms with Gasteiger partial charge in [0.25, 0.3) is 0 Å². The number of hydrogen-bond acceptors (Lipinski definition) is 6. The number of anilines is 1. The molecule has 2 fully saturated rings.